The highest BCUT2D eigenvalue weighted by Crippen LogP contribution is 2.18. The van der Waals surface area contributed by atoms with Gasteiger partial charge in [-0.05, 0) is 12.1 Å². The first-order chi connectivity index (χ1) is 9.01. The van der Waals surface area contributed by atoms with Crippen LogP contribution in [0.1, 0.15) is 0 Å². The smallest absolute Gasteiger partial charge is 0.263 e. The van der Waals surface area contributed by atoms with Crippen molar-refractivity contribution in [3.05, 3.63) is 41.6 Å². The number of benzene rings is 1. The van der Waals surface area contributed by atoms with Gasteiger partial charge in [0.25, 0.3) is 10.0 Å². The first kappa shape index (κ1) is 13.6. The Kier molecular flexibility index (Phi) is 3.87. The van der Waals surface area contributed by atoms with Crippen molar-refractivity contribution < 1.29 is 8.42 Å². The SMILES string of the molecule is CNc1nc(Cl)cc(NS(=O)(=O)c2ccccc2)n1. The number of hydrogen-bond acceptors (Lipinski definition) is 5. The second kappa shape index (κ2) is 5.41. The molecule has 2 rings (SSSR count). The zero-order valence-electron chi connectivity index (χ0n) is 9.96. The summed E-state index contributed by atoms with van der Waals surface area (Å²) in [5.74, 6) is 0.339. The second-order valence-electron chi connectivity index (χ2n) is 3.57. The molecule has 0 bridgehead atoms. The number of hydrogen-bond donors (Lipinski definition) is 2. The van der Waals surface area contributed by atoms with E-state index in [9.17, 15) is 8.42 Å². The summed E-state index contributed by atoms with van der Waals surface area (Å²) >= 11 is 5.78. The summed E-state index contributed by atoms with van der Waals surface area (Å²) in [7, 11) is -2.07. The van der Waals surface area contributed by atoms with Crippen LogP contribution in [0.25, 0.3) is 0 Å². The van der Waals surface area contributed by atoms with Gasteiger partial charge in [0.05, 0.1) is 4.90 Å². The lowest BCUT2D eigenvalue weighted by Crippen LogP contribution is -2.14. The molecule has 8 heteroatoms. The van der Waals surface area contributed by atoms with E-state index in [0.29, 0.717) is 0 Å². The predicted molar refractivity (Wildman–Crippen MR) is 73.8 cm³/mol. The van der Waals surface area contributed by atoms with E-state index < -0.39 is 10.0 Å². The third kappa shape index (κ3) is 3.33. The van der Waals surface area contributed by atoms with Gasteiger partial charge >= 0.3 is 0 Å². The highest BCUT2D eigenvalue weighted by molar-refractivity contribution is 7.92. The molecule has 1 aromatic carbocycles. The van der Waals surface area contributed by atoms with Crippen molar-refractivity contribution in [2.45, 2.75) is 4.90 Å². The molecule has 0 saturated heterocycles. The number of nitrogens with zero attached hydrogens (tertiary/aromatic N) is 2. The zero-order valence-corrected chi connectivity index (χ0v) is 11.5. The number of aromatic nitrogens is 2. The fourth-order valence-corrected chi connectivity index (χ4v) is 2.57. The van der Waals surface area contributed by atoms with Crippen LogP contribution in [-0.2, 0) is 10.0 Å². The molecule has 2 N–H and O–H groups in total. The van der Waals surface area contributed by atoms with Crippen LogP contribution in [0.5, 0.6) is 0 Å². The van der Waals surface area contributed by atoms with Crippen LogP contribution in [0.2, 0.25) is 5.15 Å². The fraction of sp³-hybridized carbons (Fsp3) is 0.0909. The molecule has 0 aliphatic carbocycles. The average Bonchev–Trinajstić information content (AvgIpc) is 2.38. The molecule has 6 nitrogen and oxygen atoms in total. The summed E-state index contributed by atoms with van der Waals surface area (Å²) in [4.78, 5) is 7.98. The first-order valence-corrected chi connectivity index (χ1v) is 7.17. The van der Waals surface area contributed by atoms with Crippen molar-refractivity contribution in [1.29, 1.82) is 0 Å². The minimum Gasteiger partial charge on any atom is -0.357 e. The quantitative estimate of drug-likeness (QED) is 0.843. The van der Waals surface area contributed by atoms with E-state index in [1.165, 1.54) is 18.2 Å². The first-order valence-electron chi connectivity index (χ1n) is 5.31. The summed E-state index contributed by atoms with van der Waals surface area (Å²) in [6, 6.07) is 9.33. The van der Waals surface area contributed by atoms with Crippen molar-refractivity contribution in [3.63, 3.8) is 0 Å². The normalized spacial score (nSPS) is 11.1. The highest BCUT2D eigenvalue weighted by Gasteiger charge is 2.15. The Morgan fingerprint density at radius 2 is 1.84 bits per heavy atom. The van der Waals surface area contributed by atoms with Crippen LogP contribution in [-0.4, -0.2) is 25.4 Å². The Bertz CT molecular complexity index is 676. The molecule has 0 amide bonds. The maximum Gasteiger partial charge on any atom is 0.263 e. The predicted octanol–water partition coefficient (Wildman–Crippen LogP) is 1.97. The largest absolute Gasteiger partial charge is 0.357 e. The summed E-state index contributed by atoms with van der Waals surface area (Å²) in [5.41, 5.74) is 0. The van der Waals surface area contributed by atoms with E-state index in [2.05, 4.69) is 20.0 Å². The number of nitrogens with one attached hydrogen (secondary N) is 2. The number of halogens is 1. The van der Waals surface area contributed by atoms with Crippen LogP contribution in [0.4, 0.5) is 11.8 Å². The molecule has 100 valence electrons. The summed E-state index contributed by atoms with van der Waals surface area (Å²) in [6.45, 7) is 0. The molecule has 1 aromatic heterocycles. The van der Waals surface area contributed by atoms with Gasteiger partial charge in [-0.15, -0.1) is 0 Å². The summed E-state index contributed by atoms with van der Waals surface area (Å²) < 4.78 is 26.5. The zero-order chi connectivity index (χ0) is 13.9. The van der Waals surface area contributed by atoms with Crippen LogP contribution in [0, 0.1) is 0 Å². The average molecular weight is 299 g/mol. The van der Waals surface area contributed by atoms with Crippen molar-refractivity contribution >= 4 is 33.4 Å². The number of rotatable bonds is 4. The number of sulfonamides is 1. The molecule has 0 unspecified atom stereocenters. The van der Waals surface area contributed by atoms with Gasteiger partial charge in [0.15, 0.2) is 0 Å². The van der Waals surface area contributed by atoms with Gasteiger partial charge in [-0.1, -0.05) is 29.8 Å². The molecular weight excluding hydrogens is 288 g/mol. The van der Waals surface area contributed by atoms with Gasteiger partial charge < -0.3 is 5.32 Å². The lowest BCUT2D eigenvalue weighted by atomic mass is 10.4. The van der Waals surface area contributed by atoms with E-state index in [1.807, 2.05) is 0 Å². The Morgan fingerprint density at radius 1 is 1.16 bits per heavy atom. The van der Waals surface area contributed by atoms with Crippen LogP contribution in [0.3, 0.4) is 0 Å². The molecular formula is C11H11ClN4O2S. The fourth-order valence-electron chi connectivity index (χ4n) is 1.38. The molecule has 0 radical (unpaired) electrons. The third-order valence-electron chi connectivity index (χ3n) is 2.21. The standard InChI is InChI=1S/C11H11ClN4O2S/c1-13-11-14-9(12)7-10(15-11)16-19(17,18)8-5-3-2-4-6-8/h2-7H,1H3,(H2,13,14,15,16). The Hall–Kier alpha value is -1.86. The van der Waals surface area contributed by atoms with Gasteiger partial charge in [0, 0.05) is 13.1 Å². The molecule has 0 spiro atoms. The van der Waals surface area contributed by atoms with Crippen molar-refractivity contribution in [2.75, 3.05) is 17.1 Å². The monoisotopic (exact) mass is 298 g/mol. The van der Waals surface area contributed by atoms with Gasteiger partial charge in [-0.3, -0.25) is 4.72 Å². The molecule has 0 aliphatic rings. The third-order valence-corrected chi connectivity index (χ3v) is 3.78. The maximum atomic E-state index is 12.1. The van der Waals surface area contributed by atoms with Gasteiger partial charge in [-0.25, -0.2) is 13.4 Å². The lowest BCUT2D eigenvalue weighted by molar-refractivity contribution is 0.601. The second-order valence-corrected chi connectivity index (χ2v) is 5.64. The summed E-state index contributed by atoms with van der Waals surface area (Å²) in [5, 5.41) is 2.84. The Labute approximate surface area is 115 Å². The topological polar surface area (TPSA) is 84.0 Å². The lowest BCUT2D eigenvalue weighted by Gasteiger charge is -2.08. The van der Waals surface area contributed by atoms with E-state index >= 15 is 0 Å². The Morgan fingerprint density at radius 3 is 2.47 bits per heavy atom. The van der Waals surface area contributed by atoms with E-state index in [1.54, 1.807) is 25.2 Å². The van der Waals surface area contributed by atoms with Crippen LogP contribution in [0.15, 0.2) is 41.3 Å². The molecule has 1 heterocycles. The molecule has 2 aromatic rings. The molecule has 0 fully saturated rings. The van der Waals surface area contributed by atoms with Gasteiger partial charge in [0.2, 0.25) is 5.95 Å². The Balaban J connectivity index is 2.33. The summed E-state index contributed by atoms with van der Waals surface area (Å²) in [6.07, 6.45) is 0. The van der Waals surface area contributed by atoms with Crippen molar-refractivity contribution in [1.82, 2.24) is 9.97 Å². The van der Waals surface area contributed by atoms with Gasteiger partial charge in [0.1, 0.15) is 11.0 Å². The van der Waals surface area contributed by atoms with Crippen LogP contribution < -0.4 is 10.0 Å². The molecule has 0 saturated carbocycles. The maximum absolute atomic E-state index is 12.1. The van der Waals surface area contributed by atoms with E-state index in [4.69, 9.17) is 11.6 Å². The van der Waals surface area contributed by atoms with Gasteiger partial charge in [-0.2, -0.15) is 4.98 Å². The molecule has 19 heavy (non-hydrogen) atoms. The van der Waals surface area contributed by atoms with Crippen molar-refractivity contribution in [2.24, 2.45) is 0 Å². The van der Waals surface area contributed by atoms with E-state index in [-0.39, 0.29) is 21.8 Å². The van der Waals surface area contributed by atoms with Crippen molar-refractivity contribution in [3.8, 4) is 0 Å². The number of anilines is 2. The van der Waals surface area contributed by atoms with Crippen LogP contribution >= 0.6 is 11.6 Å². The molecule has 0 atom stereocenters. The minimum atomic E-state index is -3.68. The molecule has 0 aliphatic heterocycles. The highest BCUT2D eigenvalue weighted by atomic mass is 35.5. The van der Waals surface area contributed by atoms with E-state index in [0.717, 1.165) is 0 Å². The minimum absolute atomic E-state index is 0.105.